The van der Waals surface area contributed by atoms with Crippen LogP contribution in [0.2, 0.25) is 0 Å². The first-order valence-electron chi connectivity index (χ1n) is 14.9. The fourth-order valence-corrected chi connectivity index (χ4v) is 5.98. The Morgan fingerprint density at radius 2 is 1.71 bits per heavy atom. The van der Waals surface area contributed by atoms with Crippen LogP contribution in [0.25, 0.3) is 11.1 Å². The van der Waals surface area contributed by atoms with Crippen molar-refractivity contribution >= 4 is 23.6 Å². The van der Waals surface area contributed by atoms with Gasteiger partial charge in [-0.05, 0) is 63.2 Å². The number of hydrogen-bond donors (Lipinski definition) is 3. The molecule has 11 nitrogen and oxygen atoms in total. The zero-order valence-electron chi connectivity index (χ0n) is 25.0. The van der Waals surface area contributed by atoms with Gasteiger partial charge in [0.2, 0.25) is 11.1 Å². The van der Waals surface area contributed by atoms with E-state index in [9.17, 15) is 14.7 Å². The SMILES string of the molecule is Cn1nnnc1SCC1CC(c2ccc(CO)cc2)OC(c2cccc(-c3cccc(CNC(=O)CCCCC(=O)O)c3)c2)O1. The van der Waals surface area contributed by atoms with Gasteiger partial charge < -0.3 is 25.0 Å². The Labute approximate surface area is 266 Å². The molecule has 3 N–H and O–H groups in total. The number of amides is 1. The summed E-state index contributed by atoms with van der Waals surface area (Å²) in [6.07, 6.45) is 1.11. The molecule has 2 heterocycles. The number of aryl methyl sites for hydroxylation is 1. The molecule has 1 aromatic heterocycles. The first kappa shape index (κ1) is 32.3. The third kappa shape index (κ3) is 9.21. The average molecular weight is 632 g/mol. The second kappa shape index (κ2) is 15.8. The normalized spacial score (nSPS) is 18.0. The van der Waals surface area contributed by atoms with Gasteiger partial charge in [-0.25, -0.2) is 4.68 Å². The number of carbonyl (C=O) groups is 2. The topological polar surface area (TPSA) is 149 Å². The molecular weight excluding hydrogens is 594 g/mol. The van der Waals surface area contributed by atoms with Crippen LogP contribution in [0.3, 0.4) is 0 Å². The molecule has 0 bridgehead atoms. The van der Waals surface area contributed by atoms with Crippen molar-refractivity contribution < 1.29 is 29.3 Å². The molecule has 3 unspecified atom stereocenters. The third-order valence-electron chi connectivity index (χ3n) is 7.55. The van der Waals surface area contributed by atoms with E-state index in [1.54, 1.807) is 11.7 Å². The molecule has 1 aliphatic heterocycles. The number of ether oxygens (including phenoxy) is 2. The van der Waals surface area contributed by atoms with Crippen molar-refractivity contribution in [2.45, 2.75) is 68.9 Å². The monoisotopic (exact) mass is 631 g/mol. The van der Waals surface area contributed by atoms with Gasteiger partial charge in [-0.3, -0.25) is 9.59 Å². The summed E-state index contributed by atoms with van der Waals surface area (Å²) < 4.78 is 14.7. The van der Waals surface area contributed by atoms with Gasteiger partial charge in [-0.1, -0.05) is 72.4 Å². The first-order valence-corrected chi connectivity index (χ1v) is 15.9. The second-order valence-corrected chi connectivity index (χ2v) is 11.9. The van der Waals surface area contributed by atoms with E-state index >= 15 is 0 Å². The van der Waals surface area contributed by atoms with E-state index in [1.807, 2.05) is 66.7 Å². The third-order valence-corrected chi connectivity index (χ3v) is 8.69. The van der Waals surface area contributed by atoms with Crippen molar-refractivity contribution in [1.82, 2.24) is 25.5 Å². The number of carboxylic acids is 1. The quantitative estimate of drug-likeness (QED) is 0.129. The van der Waals surface area contributed by atoms with E-state index in [2.05, 4.69) is 26.9 Å². The van der Waals surface area contributed by atoms with Gasteiger partial charge >= 0.3 is 5.97 Å². The number of unbranched alkanes of at least 4 members (excludes halogenated alkanes) is 1. The predicted octanol–water partition coefficient (Wildman–Crippen LogP) is 4.97. The summed E-state index contributed by atoms with van der Waals surface area (Å²) >= 11 is 1.54. The largest absolute Gasteiger partial charge is 0.481 e. The minimum atomic E-state index is -0.846. The van der Waals surface area contributed by atoms with E-state index in [1.165, 1.54) is 11.8 Å². The number of aliphatic hydroxyl groups is 1. The number of aliphatic hydroxyl groups excluding tert-OH is 1. The molecule has 0 spiro atoms. The number of carbonyl (C=O) groups excluding carboxylic acids is 1. The molecule has 3 aromatic carbocycles. The summed E-state index contributed by atoms with van der Waals surface area (Å²) in [5, 5.41) is 33.6. The fraction of sp³-hybridized carbons (Fsp3) is 0.364. The number of aromatic nitrogens is 4. The number of nitrogens with one attached hydrogen (secondary N) is 1. The van der Waals surface area contributed by atoms with Crippen molar-refractivity contribution in [1.29, 1.82) is 0 Å². The average Bonchev–Trinajstić information content (AvgIpc) is 3.49. The maximum absolute atomic E-state index is 12.2. The molecule has 45 heavy (non-hydrogen) atoms. The number of rotatable bonds is 14. The number of thioether (sulfide) groups is 1. The Hall–Kier alpha value is -4.10. The predicted molar refractivity (Wildman–Crippen MR) is 168 cm³/mol. The van der Waals surface area contributed by atoms with Crippen molar-refractivity contribution in [3.05, 3.63) is 95.1 Å². The summed E-state index contributed by atoms with van der Waals surface area (Å²) in [5.41, 5.74) is 5.70. The second-order valence-electron chi connectivity index (χ2n) is 10.9. The summed E-state index contributed by atoms with van der Waals surface area (Å²) in [6.45, 7) is 0.370. The molecule has 3 atom stereocenters. The summed E-state index contributed by atoms with van der Waals surface area (Å²) in [5.74, 6) is -0.295. The highest BCUT2D eigenvalue weighted by Gasteiger charge is 2.32. The Kier molecular flexibility index (Phi) is 11.3. The van der Waals surface area contributed by atoms with Crippen LogP contribution in [0.1, 0.15) is 66.8 Å². The fourth-order valence-electron chi connectivity index (χ4n) is 5.11. The Morgan fingerprint density at radius 1 is 0.956 bits per heavy atom. The molecule has 0 radical (unpaired) electrons. The van der Waals surface area contributed by atoms with E-state index in [-0.39, 0.29) is 31.1 Å². The van der Waals surface area contributed by atoms with Crippen LogP contribution in [0.4, 0.5) is 0 Å². The van der Waals surface area contributed by atoms with Gasteiger partial charge in [0, 0.05) is 44.2 Å². The van der Waals surface area contributed by atoms with E-state index in [0.29, 0.717) is 43.1 Å². The lowest BCUT2D eigenvalue weighted by Crippen LogP contribution is -2.31. The lowest BCUT2D eigenvalue weighted by Gasteiger charge is -2.36. The molecule has 4 aromatic rings. The maximum Gasteiger partial charge on any atom is 0.303 e. The van der Waals surface area contributed by atoms with Crippen molar-refractivity contribution in [2.24, 2.45) is 7.05 Å². The summed E-state index contributed by atoms with van der Waals surface area (Å²) in [6, 6.07) is 23.9. The number of tetrazole rings is 1. The molecule has 0 saturated carbocycles. The molecule has 1 amide bonds. The standard InChI is InChI=1S/C33H37N5O6S/c1-38-33(35-36-37-38)45-21-28-18-29(24-14-12-22(20-39)13-15-24)44-32(43-28)27-9-5-8-26(17-27)25-7-4-6-23(16-25)19-34-30(40)10-2-3-11-31(41)42/h4-9,12-17,28-29,32,39H,2-3,10-11,18-21H2,1H3,(H,34,40)(H,41,42). The van der Waals surface area contributed by atoms with Crippen molar-refractivity contribution in [2.75, 3.05) is 5.75 Å². The lowest BCUT2D eigenvalue weighted by molar-refractivity contribution is -0.245. The van der Waals surface area contributed by atoms with Crippen molar-refractivity contribution in [3.8, 4) is 11.1 Å². The van der Waals surface area contributed by atoms with Crippen LogP contribution < -0.4 is 5.32 Å². The lowest BCUT2D eigenvalue weighted by atomic mass is 9.99. The van der Waals surface area contributed by atoms with Gasteiger partial charge in [0.25, 0.3) is 0 Å². The van der Waals surface area contributed by atoms with Gasteiger partial charge in [0.05, 0.1) is 18.8 Å². The molecule has 236 valence electrons. The van der Waals surface area contributed by atoms with Crippen LogP contribution >= 0.6 is 11.8 Å². The molecule has 5 rings (SSSR count). The highest BCUT2D eigenvalue weighted by molar-refractivity contribution is 7.99. The Morgan fingerprint density at radius 3 is 2.44 bits per heavy atom. The summed E-state index contributed by atoms with van der Waals surface area (Å²) in [7, 11) is 1.81. The minimum absolute atomic E-state index is 0.0164. The van der Waals surface area contributed by atoms with Gasteiger partial charge in [0.15, 0.2) is 6.29 Å². The van der Waals surface area contributed by atoms with Gasteiger partial charge in [0.1, 0.15) is 0 Å². The molecule has 1 aliphatic rings. The summed E-state index contributed by atoms with van der Waals surface area (Å²) in [4.78, 5) is 22.9. The molecule has 1 saturated heterocycles. The molecule has 1 fully saturated rings. The zero-order valence-corrected chi connectivity index (χ0v) is 25.9. The highest BCUT2D eigenvalue weighted by atomic mass is 32.2. The van der Waals surface area contributed by atoms with E-state index in [4.69, 9.17) is 14.6 Å². The smallest absolute Gasteiger partial charge is 0.303 e. The van der Waals surface area contributed by atoms with Crippen LogP contribution in [0, 0.1) is 0 Å². The number of benzene rings is 3. The van der Waals surface area contributed by atoms with Crippen LogP contribution in [-0.4, -0.2) is 54.2 Å². The number of aliphatic carboxylic acids is 1. The number of carboxylic acid groups (broad SMARTS) is 1. The minimum Gasteiger partial charge on any atom is -0.481 e. The maximum atomic E-state index is 12.2. The zero-order chi connectivity index (χ0) is 31.6. The first-order chi connectivity index (χ1) is 21.9. The van der Waals surface area contributed by atoms with E-state index in [0.717, 1.165) is 33.4 Å². The Balaban J connectivity index is 1.28. The van der Waals surface area contributed by atoms with Crippen LogP contribution in [0.5, 0.6) is 0 Å². The van der Waals surface area contributed by atoms with Crippen LogP contribution in [-0.2, 0) is 39.3 Å². The van der Waals surface area contributed by atoms with Gasteiger partial charge in [-0.15, -0.1) is 5.10 Å². The van der Waals surface area contributed by atoms with Crippen molar-refractivity contribution in [3.63, 3.8) is 0 Å². The highest BCUT2D eigenvalue weighted by Crippen LogP contribution is 2.40. The molecule has 12 heteroatoms. The van der Waals surface area contributed by atoms with E-state index < -0.39 is 12.3 Å². The Bertz CT molecular complexity index is 1580. The molecule has 0 aliphatic carbocycles. The molecular formula is C33H37N5O6S. The number of hydrogen-bond acceptors (Lipinski definition) is 9. The van der Waals surface area contributed by atoms with Crippen LogP contribution in [0.15, 0.2) is 78.0 Å². The van der Waals surface area contributed by atoms with Gasteiger partial charge in [-0.2, -0.15) is 0 Å². The number of nitrogens with zero attached hydrogens (tertiary/aromatic N) is 4.